The summed E-state index contributed by atoms with van der Waals surface area (Å²) >= 11 is 0. The number of aromatic nitrogens is 1. The van der Waals surface area contributed by atoms with Gasteiger partial charge in [0.25, 0.3) is 0 Å². The van der Waals surface area contributed by atoms with E-state index in [1.807, 2.05) is 18.2 Å². The van der Waals surface area contributed by atoms with Crippen LogP contribution in [-0.4, -0.2) is 10.8 Å². The number of benzene rings is 1. The molecule has 0 saturated heterocycles. The van der Waals surface area contributed by atoms with Crippen LogP contribution in [0, 0.1) is 11.3 Å². The highest BCUT2D eigenvalue weighted by Crippen LogP contribution is 2.19. The summed E-state index contributed by atoms with van der Waals surface area (Å²) < 4.78 is 0. The Morgan fingerprint density at radius 2 is 1.95 bits per heavy atom. The average Bonchev–Trinajstić information content (AvgIpc) is 2.45. The number of carbonyl (C=O) groups excluding carboxylic acids is 1. The fraction of sp³-hybridized carbons (Fsp3) is 0.0625. The molecule has 0 N–H and O–H groups in total. The van der Waals surface area contributed by atoms with E-state index in [0.717, 1.165) is 5.56 Å². The molecule has 19 heavy (non-hydrogen) atoms. The van der Waals surface area contributed by atoms with Gasteiger partial charge in [-0.3, -0.25) is 9.78 Å². The second-order valence-corrected chi connectivity index (χ2v) is 4.03. The maximum Gasteiger partial charge on any atom is 0.161 e. The first kappa shape index (κ1) is 12.7. The van der Waals surface area contributed by atoms with Crippen LogP contribution < -0.4 is 0 Å². The van der Waals surface area contributed by atoms with Crippen LogP contribution in [-0.2, 0) is 4.79 Å². The summed E-state index contributed by atoms with van der Waals surface area (Å²) in [6, 6.07) is 14.7. The highest BCUT2D eigenvalue weighted by atomic mass is 16.1. The maximum absolute atomic E-state index is 11.8. The first-order valence-electron chi connectivity index (χ1n) is 5.85. The Morgan fingerprint density at radius 1 is 1.21 bits per heavy atom. The lowest BCUT2D eigenvalue weighted by Gasteiger charge is -2.04. The molecule has 0 spiro atoms. The van der Waals surface area contributed by atoms with Gasteiger partial charge in [-0.1, -0.05) is 24.3 Å². The van der Waals surface area contributed by atoms with E-state index in [1.165, 1.54) is 6.92 Å². The Kier molecular flexibility index (Phi) is 3.84. The summed E-state index contributed by atoms with van der Waals surface area (Å²) in [7, 11) is 0. The van der Waals surface area contributed by atoms with Crippen LogP contribution in [0.25, 0.3) is 11.6 Å². The van der Waals surface area contributed by atoms with E-state index < -0.39 is 0 Å². The van der Waals surface area contributed by atoms with Crippen LogP contribution in [0.3, 0.4) is 0 Å². The molecule has 0 amide bonds. The number of Topliss-reactive ketones (excluding diaryl/α,β-unsaturated/α-hetero) is 1. The van der Waals surface area contributed by atoms with Crippen molar-refractivity contribution < 1.29 is 4.79 Å². The van der Waals surface area contributed by atoms with Gasteiger partial charge in [0.15, 0.2) is 5.78 Å². The third kappa shape index (κ3) is 2.93. The van der Waals surface area contributed by atoms with E-state index in [0.29, 0.717) is 16.8 Å². The van der Waals surface area contributed by atoms with Crippen molar-refractivity contribution in [3.8, 4) is 6.07 Å². The van der Waals surface area contributed by atoms with E-state index >= 15 is 0 Å². The highest BCUT2D eigenvalue weighted by molar-refractivity contribution is 6.23. The van der Waals surface area contributed by atoms with Crippen LogP contribution in [0.5, 0.6) is 0 Å². The van der Waals surface area contributed by atoms with Crippen LogP contribution in [0.4, 0.5) is 0 Å². The molecule has 1 aromatic carbocycles. The average molecular weight is 248 g/mol. The molecule has 0 saturated carbocycles. The monoisotopic (exact) mass is 248 g/mol. The third-order valence-corrected chi connectivity index (χ3v) is 2.70. The Morgan fingerprint density at radius 3 is 2.58 bits per heavy atom. The summed E-state index contributed by atoms with van der Waals surface area (Å²) in [5, 5.41) is 9.06. The number of nitriles is 1. The van der Waals surface area contributed by atoms with Gasteiger partial charge in [-0.05, 0) is 36.8 Å². The fourth-order valence-electron chi connectivity index (χ4n) is 1.76. The molecule has 0 radical (unpaired) electrons. The third-order valence-electron chi connectivity index (χ3n) is 2.70. The first-order chi connectivity index (χ1) is 9.22. The van der Waals surface area contributed by atoms with E-state index in [9.17, 15) is 4.79 Å². The van der Waals surface area contributed by atoms with Gasteiger partial charge in [-0.25, -0.2) is 0 Å². The molecule has 0 fully saturated rings. The van der Waals surface area contributed by atoms with Crippen LogP contribution in [0.15, 0.2) is 48.7 Å². The van der Waals surface area contributed by atoms with E-state index in [2.05, 4.69) is 11.1 Å². The molecule has 92 valence electrons. The molecule has 0 aliphatic carbocycles. The zero-order valence-corrected chi connectivity index (χ0v) is 10.5. The van der Waals surface area contributed by atoms with Crippen molar-refractivity contribution in [3.63, 3.8) is 0 Å². The molecule has 1 aromatic heterocycles. The van der Waals surface area contributed by atoms with Crippen LogP contribution >= 0.6 is 0 Å². The zero-order chi connectivity index (χ0) is 13.7. The van der Waals surface area contributed by atoms with Crippen molar-refractivity contribution >= 4 is 17.4 Å². The molecule has 3 nitrogen and oxygen atoms in total. The molecule has 0 aliphatic heterocycles. The van der Waals surface area contributed by atoms with Crippen molar-refractivity contribution in [2.45, 2.75) is 6.92 Å². The number of nitrogens with zero attached hydrogens (tertiary/aromatic N) is 2. The molecule has 2 rings (SSSR count). The Bertz CT molecular complexity index is 667. The van der Waals surface area contributed by atoms with E-state index in [4.69, 9.17) is 5.26 Å². The van der Waals surface area contributed by atoms with Crippen molar-refractivity contribution in [1.29, 1.82) is 5.26 Å². The van der Waals surface area contributed by atoms with Crippen LogP contribution in [0.2, 0.25) is 0 Å². The van der Waals surface area contributed by atoms with Crippen molar-refractivity contribution in [2.75, 3.05) is 0 Å². The first-order valence-corrected chi connectivity index (χ1v) is 5.85. The lowest BCUT2D eigenvalue weighted by atomic mass is 10.0. The molecule has 0 aliphatic rings. The summed E-state index contributed by atoms with van der Waals surface area (Å²) in [6.07, 6.45) is 3.35. The van der Waals surface area contributed by atoms with Gasteiger partial charge in [0, 0.05) is 11.8 Å². The normalized spacial score (nSPS) is 10.8. The molecule has 1 heterocycles. The molecular formula is C16H12N2O. The number of rotatable bonds is 3. The minimum Gasteiger partial charge on any atom is -0.294 e. The predicted molar refractivity (Wildman–Crippen MR) is 73.9 cm³/mol. The second kappa shape index (κ2) is 5.74. The number of carbonyl (C=O) groups is 1. The SMILES string of the molecule is CC(=O)/C(=C/c1ccccc1C#N)c1ccccn1. The number of pyridine rings is 1. The Hall–Kier alpha value is -2.73. The molecule has 0 atom stereocenters. The summed E-state index contributed by atoms with van der Waals surface area (Å²) in [6.45, 7) is 1.50. The van der Waals surface area contributed by atoms with Gasteiger partial charge < -0.3 is 0 Å². The van der Waals surface area contributed by atoms with E-state index in [1.54, 1.807) is 36.5 Å². The highest BCUT2D eigenvalue weighted by Gasteiger charge is 2.09. The lowest BCUT2D eigenvalue weighted by Crippen LogP contribution is -1.98. The standard InChI is InChI=1S/C16H12N2O/c1-12(19)15(16-8-4-5-9-18-16)10-13-6-2-3-7-14(13)11-17/h2-10H,1H3/b15-10-. The predicted octanol–water partition coefficient (Wildman–Crippen LogP) is 3.08. The van der Waals surface area contributed by atoms with Gasteiger partial charge in [-0.15, -0.1) is 0 Å². The minimum absolute atomic E-state index is 0.0774. The Labute approximate surface area is 111 Å². The smallest absolute Gasteiger partial charge is 0.161 e. The summed E-state index contributed by atoms with van der Waals surface area (Å²) in [4.78, 5) is 15.9. The summed E-state index contributed by atoms with van der Waals surface area (Å²) in [5.41, 5.74) is 2.38. The van der Waals surface area contributed by atoms with Gasteiger partial charge >= 0.3 is 0 Å². The van der Waals surface area contributed by atoms with Crippen molar-refractivity contribution in [3.05, 3.63) is 65.5 Å². The van der Waals surface area contributed by atoms with Gasteiger partial charge in [0.1, 0.15) is 0 Å². The van der Waals surface area contributed by atoms with Gasteiger partial charge in [-0.2, -0.15) is 5.26 Å². The molecular weight excluding hydrogens is 236 g/mol. The van der Waals surface area contributed by atoms with Gasteiger partial charge in [0.2, 0.25) is 0 Å². The van der Waals surface area contributed by atoms with Gasteiger partial charge in [0.05, 0.1) is 17.3 Å². The fourth-order valence-corrected chi connectivity index (χ4v) is 1.76. The topological polar surface area (TPSA) is 53.8 Å². The molecule has 3 heteroatoms. The number of allylic oxidation sites excluding steroid dienone is 1. The number of hydrogen-bond donors (Lipinski definition) is 0. The van der Waals surface area contributed by atoms with Crippen LogP contribution in [0.1, 0.15) is 23.7 Å². The summed E-state index contributed by atoms with van der Waals surface area (Å²) in [5.74, 6) is -0.0774. The number of hydrogen-bond acceptors (Lipinski definition) is 3. The largest absolute Gasteiger partial charge is 0.294 e. The number of ketones is 1. The molecule has 0 unspecified atom stereocenters. The quantitative estimate of drug-likeness (QED) is 0.784. The molecule has 2 aromatic rings. The van der Waals surface area contributed by atoms with Crippen molar-refractivity contribution in [1.82, 2.24) is 4.98 Å². The minimum atomic E-state index is -0.0774. The Balaban J connectivity index is 2.55. The van der Waals surface area contributed by atoms with E-state index in [-0.39, 0.29) is 5.78 Å². The van der Waals surface area contributed by atoms with Crippen molar-refractivity contribution in [2.24, 2.45) is 0 Å². The second-order valence-electron chi connectivity index (χ2n) is 4.03. The maximum atomic E-state index is 11.8. The zero-order valence-electron chi connectivity index (χ0n) is 10.5. The lowest BCUT2D eigenvalue weighted by molar-refractivity contribution is -0.111. The molecule has 0 bridgehead atoms.